The minimum absolute atomic E-state index is 0.0253. The van der Waals surface area contributed by atoms with E-state index in [2.05, 4.69) is 30.9 Å². The Hall–Kier alpha value is -3.92. The summed E-state index contributed by atoms with van der Waals surface area (Å²) in [5.74, 6) is -3.04. The number of halogens is 3. The van der Waals surface area contributed by atoms with E-state index in [1.54, 1.807) is 24.3 Å². The highest BCUT2D eigenvalue weighted by molar-refractivity contribution is 6.30. The summed E-state index contributed by atoms with van der Waals surface area (Å²) in [6.07, 6.45) is 7.17. The van der Waals surface area contributed by atoms with E-state index in [1.165, 1.54) is 24.7 Å². The second-order valence-electron chi connectivity index (χ2n) is 8.29. The molecular formula is C25H23ClF2N6O2. The van der Waals surface area contributed by atoms with Gasteiger partial charge in [-0.2, -0.15) is 4.99 Å². The van der Waals surface area contributed by atoms with E-state index < -0.39 is 17.5 Å². The highest BCUT2D eigenvalue weighted by atomic mass is 35.5. The summed E-state index contributed by atoms with van der Waals surface area (Å²) in [6, 6.07) is 9.66. The van der Waals surface area contributed by atoms with Gasteiger partial charge in [0.2, 0.25) is 5.96 Å². The Labute approximate surface area is 211 Å². The van der Waals surface area contributed by atoms with Gasteiger partial charge in [-0.1, -0.05) is 17.7 Å². The number of guanidine groups is 1. The van der Waals surface area contributed by atoms with E-state index in [0.717, 1.165) is 12.1 Å². The van der Waals surface area contributed by atoms with Crippen molar-refractivity contribution < 1.29 is 18.4 Å². The van der Waals surface area contributed by atoms with Gasteiger partial charge in [0.15, 0.2) is 11.6 Å². The second-order valence-corrected chi connectivity index (χ2v) is 8.72. The van der Waals surface area contributed by atoms with Crippen LogP contribution < -0.4 is 16.0 Å². The number of nitrogens with zero attached hydrogens (tertiary/aromatic N) is 3. The summed E-state index contributed by atoms with van der Waals surface area (Å²) in [7, 11) is 0. The first kappa shape index (κ1) is 25.2. The Kier molecular flexibility index (Phi) is 8.17. The molecule has 2 aromatic carbocycles. The lowest BCUT2D eigenvalue weighted by molar-refractivity contribution is 0.0918. The fourth-order valence-electron chi connectivity index (χ4n) is 3.85. The predicted molar refractivity (Wildman–Crippen MR) is 132 cm³/mol. The predicted octanol–water partition coefficient (Wildman–Crippen LogP) is 4.35. The van der Waals surface area contributed by atoms with Crippen LogP contribution in [-0.4, -0.2) is 39.8 Å². The van der Waals surface area contributed by atoms with Crippen LogP contribution in [0.15, 0.2) is 66.0 Å². The van der Waals surface area contributed by atoms with Crippen molar-refractivity contribution in [1.29, 1.82) is 0 Å². The zero-order valence-electron chi connectivity index (χ0n) is 19.0. The van der Waals surface area contributed by atoms with Gasteiger partial charge in [-0.15, -0.1) is 0 Å². The molecule has 0 spiro atoms. The van der Waals surface area contributed by atoms with Crippen molar-refractivity contribution in [3.8, 4) is 0 Å². The first-order chi connectivity index (χ1) is 17.4. The molecule has 1 aliphatic carbocycles. The lowest BCUT2D eigenvalue weighted by Gasteiger charge is -2.30. The van der Waals surface area contributed by atoms with Crippen LogP contribution >= 0.6 is 11.6 Å². The van der Waals surface area contributed by atoms with Crippen molar-refractivity contribution >= 4 is 35.1 Å². The Morgan fingerprint density at radius 2 is 1.69 bits per heavy atom. The van der Waals surface area contributed by atoms with E-state index in [1.807, 2.05) is 0 Å². The maximum Gasteiger partial charge on any atom is 0.280 e. The quantitative estimate of drug-likeness (QED) is 0.346. The lowest BCUT2D eigenvalue weighted by atomic mass is 9.91. The zero-order valence-corrected chi connectivity index (χ0v) is 19.8. The van der Waals surface area contributed by atoms with Gasteiger partial charge in [0.1, 0.15) is 5.69 Å². The van der Waals surface area contributed by atoms with Crippen molar-refractivity contribution in [3.63, 3.8) is 0 Å². The normalized spacial score (nSPS) is 17.8. The highest BCUT2D eigenvalue weighted by Crippen LogP contribution is 2.20. The van der Waals surface area contributed by atoms with E-state index >= 15 is 0 Å². The molecule has 1 fully saturated rings. The highest BCUT2D eigenvalue weighted by Gasteiger charge is 2.24. The smallest absolute Gasteiger partial charge is 0.280 e. The average Bonchev–Trinajstić information content (AvgIpc) is 2.87. The van der Waals surface area contributed by atoms with Crippen molar-refractivity contribution in [1.82, 2.24) is 20.6 Å². The minimum Gasteiger partial charge on any atom is -0.353 e. The minimum atomic E-state index is -1.13. The van der Waals surface area contributed by atoms with Crippen molar-refractivity contribution in [2.24, 2.45) is 4.99 Å². The number of carbonyl (C=O) groups excluding carboxylic acids is 2. The molecule has 0 atom stereocenters. The number of benzene rings is 2. The maximum absolute atomic E-state index is 13.6. The van der Waals surface area contributed by atoms with Crippen molar-refractivity contribution in [3.05, 3.63) is 89.0 Å². The molecule has 0 unspecified atom stereocenters. The Morgan fingerprint density at radius 3 is 2.36 bits per heavy atom. The first-order valence-electron chi connectivity index (χ1n) is 11.3. The molecule has 11 heteroatoms. The SMILES string of the molecule is O=C(/N=C(/Nc1cccc(Cl)c1)N[C@H]1CC[C@H](NC(=O)c2cnccn2)CC1)c1ccc(F)c(F)c1. The summed E-state index contributed by atoms with van der Waals surface area (Å²) >= 11 is 6.07. The molecule has 0 bridgehead atoms. The number of rotatable bonds is 5. The standard InChI is InChI=1S/C25H23ClF2N6O2/c26-16-2-1-3-19(13-16)33-25(34-23(35)15-4-9-20(27)21(28)12-15)32-18-7-5-17(6-8-18)31-24(36)22-14-29-10-11-30-22/h1-4,9-14,17-18H,5-8H2,(H,31,36)(H2,32,33,34,35)/t17-,18-. The summed E-state index contributed by atoms with van der Waals surface area (Å²) < 4.78 is 26.9. The molecule has 3 aromatic rings. The molecular weight excluding hydrogens is 490 g/mol. The third-order valence-electron chi connectivity index (χ3n) is 5.67. The van der Waals surface area contributed by atoms with Crippen LogP contribution in [0.3, 0.4) is 0 Å². The van der Waals surface area contributed by atoms with Crippen LogP contribution in [-0.2, 0) is 0 Å². The monoisotopic (exact) mass is 512 g/mol. The third-order valence-corrected chi connectivity index (χ3v) is 5.90. The van der Waals surface area contributed by atoms with Gasteiger partial charge in [-0.05, 0) is 62.1 Å². The summed E-state index contributed by atoms with van der Waals surface area (Å²) in [5.41, 5.74) is 0.766. The third kappa shape index (κ3) is 6.82. The molecule has 0 aliphatic heterocycles. The van der Waals surface area contributed by atoms with Gasteiger partial charge in [0, 0.05) is 40.8 Å². The summed E-state index contributed by atoms with van der Waals surface area (Å²) in [4.78, 5) is 37.0. The number of aromatic nitrogens is 2. The zero-order chi connectivity index (χ0) is 25.5. The Bertz CT molecular complexity index is 1270. The van der Waals surface area contributed by atoms with Crippen LogP contribution in [0.4, 0.5) is 14.5 Å². The van der Waals surface area contributed by atoms with Gasteiger partial charge >= 0.3 is 0 Å². The molecule has 3 N–H and O–H groups in total. The van der Waals surface area contributed by atoms with Crippen molar-refractivity contribution in [2.75, 3.05) is 5.32 Å². The molecule has 1 aromatic heterocycles. The van der Waals surface area contributed by atoms with Crippen LogP contribution in [0, 0.1) is 11.6 Å². The van der Waals surface area contributed by atoms with E-state index in [9.17, 15) is 18.4 Å². The van der Waals surface area contributed by atoms with E-state index in [4.69, 9.17) is 11.6 Å². The van der Waals surface area contributed by atoms with E-state index in [-0.39, 0.29) is 35.2 Å². The maximum atomic E-state index is 13.6. The molecule has 1 heterocycles. The molecule has 186 valence electrons. The van der Waals surface area contributed by atoms with Crippen LogP contribution in [0.25, 0.3) is 0 Å². The number of hydrogen-bond donors (Lipinski definition) is 3. The molecule has 1 aliphatic rings. The van der Waals surface area contributed by atoms with Crippen LogP contribution in [0.5, 0.6) is 0 Å². The van der Waals surface area contributed by atoms with Crippen molar-refractivity contribution in [2.45, 2.75) is 37.8 Å². The number of nitrogens with one attached hydrogen (secondary N) is 3. The van der Waals surface area contributed by atoms with E-state index in [0.29, 0.717) is 36.4 Å². The second kappa shape index (κ2) is 11.7. The molecule has 0 radical (unpaired) electrons. The van der Waals surface area contributed by atoms with Gasteiger partial charge in [0.25, 0.3) is 11.8 Å². The van der Waals surface area contributed by atoms with Gasteiger partial charge in [-0.3, -0.25) is 14.6 Å². The number of aliphatic imine (C=N–C) groups is 1. The molecule has 4 rings (SSSR count). The summed E-state index contributed by atoms with van der Waals surface area (Å²) in [5, 5.41) is 9.73. The Morgan fingerprint density at radius 1 is 0.944 bits per heavy atom. The number of anilines is 1. The lowest BCUT2D eigenvalue weighted by Crippen LogP contribution is -2.45. The van der Waals surface area contributed by atoms with Gasteiger partial charge < -0.3 is 16.0 Å². The Balaban J connectivity index is 1.42. The fraction of sp³-hybridized carbons (Fsp3) is 0.240. The summed E-state index contributed by atoms with van der Waals surface area (Å²) in [6.45, 7) is 0. The van der Waals surface area contributed by atoms with Gasteiger partial charge in [0.05, 0.1) is 6.20 Å². The van der Waals surface area contributed by atoms with Crippen LogP contribution in [0.2, 0.25) is 5.02 Å². The fourth-order valence-corrected chi connectivity index (χ4v) is 4.04. The largest absolute Gasteiger partial charge is 0.353 e. The first-order valence-corrected chi connectivity index (χ1v) is 11.7. The molecule has 8 nitrogen and oxygen atoms in total. The number of hydrogen-bond acceptors (Lipinski definition) is 4. The van der Waals surface area contributed by atoms with Gasteiger partial charge in [-0.25, -0.2) is 13.8 Å². The molecule has 0 saturated heterocycles. The number of carbonyl (C=O) groups is 2. The average molecular weight is 513 g/mol. The number of amides is 2. The van der Waals surface area contributed by atoms with Crippen LogP contribution in [0.1, 0.15) is 46.5 Å². The molecule has 36 heavy (non-hydrogen) atoms. The molecule has 1 saturated carbocycles. The molecule has 2 amide bonds. The topological polar surface area (TPSA) is 108 Å².